The SMILES string of the molecule is O=C(CN1CCN(c2ccccc2O)CC1)NNC(=O)c1ccco1. The lowest BCUT2D eigenvalue weighted by molar-refractivity contribution is -0.123. The summed E-state index contributed by atoms with van der Waals surface area (Å²) >= 11 is 0. The van der Waals surface area contributed by atoms with Crippen LogP contribution < -0.4 is 15.8 Å². The van der Waals surface area contributed by atoms with Gasteiger partial charge in [0.2, 0.25) is 0 Å². The first-order valence-electron chi connectivity index (χ1n) is 8.01. The Morgan fingerprint density at radius 1 is 1.04 bits per heavy atom. The number of nitrogens with one attached hydrogen (secondary N) is 2. The maximum absolute atomic E-state index is 11.9. The number of aromatic hydroxyl groups is 1. The number of amides is 2. The largest absolute Gasteiger partial charge is 0.506 e. The van der Waals surface area contributed by atoms with Crippen LogP contribution in [0.3, 0.4) is 0 Å². The van der Waals surface area contributed by atoms with E-state index < -0.39 is 5.91 Å². The van der Waals surface area contributed by atoms with E-state index in [9.17, 15) is 14.7 Å². The molecule has 1 saturated heterocycles. The van der Waals surface area contributed by atoms with Crippen molar-refractivity contribution in [3.8, 4) is 5.75 Å². The molecule has 132 valence electrons. The average Bonchev–Trinajstić information content (AvgIpc) is 3.16. The molecule has 0 radical (unpaired) electrons. The molecule has 0 aliphatic carbocycles. The van der Waals surface area contributed by atoms with Crippen LogP contribution in [0.2, 0.25) is 0 Å². The first kappa shape index (κ1) is 16.8. The molecular weight excluding hydrogens is 324 g/mol. The molecule has 0 atom stereocenters. The number of nitrogens with zero attached hydrogens (tertiary/aromatic N) is 2. The van der Waals surface area contributed by atoms with Gasteiger partial charge in [-0.25, -0.2) is 0 Å². The van der Waals surface area contributed by atoms with Crippen molar-refractivity contribution in [2.24, 2.45) is 0 Å². The highest BCUT2D eigenvalue weighted by molar-refractivity contribution is 5.93. The molecule has 3 rings (SSSR count). The highest BCUT2D eigenvalue weighted by Gasteiger charge is 2.21. The Kier molecular flexibility index (Phi) is 5.20. The summed E-state index contributed by atoms with van der Waals surface area (Å²) in [5, 5.41) is 9.91. The fraction of sp³-hybridized carbons (Fsp3) is 0.294. The number of rotatable bonds is 4. The van der Waals surface area contributed by atoms with E-state index in [1.165, 1.54) is 12.3 Å². The lowest BCUT2D eigenvalue weighted by Crippen LogP contribution is -2.51. The van der Waals surface area contributed by atoms with Crippen molar-refractivity contribution >= 4 is 17.5 Å². The smallest absolute Gasteiger partial charge is 0.305 e. The summed E-state index contributed by atoms with van der Waals surface area (Å²) < 4.78 is 4.94. The van der Waals surface area contributed by atoms with Gasteiger partial charge in [0, 0.05) is 26.2 Å². The highest BCUT2D eigenvalue weighted by Crippen LogP contribution is 2.27. The summed E-state index contributed by atoms with van der Waals surface area (Å²) in [6.45, 7) is 2.99. The van der Waals surface area contributed by atoms with Crippen molar-refractivity contribution in [3.05, 3.63) is 48.4 Å². The summed E-state index contributed by atoms with van der Waals surface area (Å²) in [5.41, 5.74) is 5.49. The third-order valence-electron chi connectivity index (χ3n) is 4.02. The molecule has 0 saturated carbocycles. The lowest BCUT2D eigenvalue weighted by Gasteiger charge is -2.35. The molecule has 1 aliphatic rings. The number of para-hydroxylation sites is 2. The van der Waals surface area contributed by atoms with Gasteiger partial charge in [0.05, 0.1) is 18.5 Å². The standard InChI is InChI=1S/C17H20N4O4/c22-14-5-2-1-4-13(14)21-9-7-20(8-10-21)12-16(23)18-19-17(24)15-6-3-11-25-15/h1-6,11,22H,7-10,12H2,(H,18,23)(H,19,24). The number of phenols is 1. The Morgan fingerprint density at radius 2 is 1.80 bits per heavy atom. The number of hydrogen-bond acceptors (Lipinski definition) is 6. The lowest BCUT2D eigenvalue weighted by atomic mass is 10.2. The van der Waals surface area contributed by atoms with E-state index in [1.54, 1.807) is 18.2 Å². The summed E-state index contributed by atoms with van der Waals surface area (Å²) in [6.07, 6.45) is 1.39. The molecule has 1 aromatic heterocycles. The summed E-state index contributed by atoms with van der Waals surface area (Å²) in [4.78, 5) is 27.7. The van der Waals surface area contributed by atoms with E-state index >= 15 is 0 Å². The van der Waals surface area contributed by atoms with Gasteiger partial charge in [-0.15, -0.1) is 0 Å². The molecule has 3 N–H and O–H groups in total. The van der Waals surface area contributed by atoms with E-state index in [2.05, 4.69) is 15.8 Å². The molecule has 8 heteroatoms. The predicted octanol–water partition coefficient (Wildman–Crippen LogP) is 0.568. The van der Waals surface area contributed by atoms with Crippen LogP contribution in [0.1, 0.15) is 10.6 Å². The third kappa shape index (κ3) is 4.30. The molecule has 8 nitrogen and oxygen atoms in total. The molecule has 2 aromatic rings. The summed E-state index contributed by atoms with van der Waals surface area (Å²) in [6, 6.07) is 10.3. The van der Waals surface area contributed by atoms with Crippen molar-refractivity contribution < 1.29 is 19.1 Å². The van der Waals surface area contributed by atoms with Crippen LogP contribution in [-0.2, 0) is 4.79 Å². The number of carbonyl (C=O) groups excluding carboxylic acids is 2. The highest BCUT2D eigenvalue weighted by atomic mass is 16.3. The Balaban J connectivity index is 1.42. The second-order valence-electron chi connectivity index (χ2n) is 5.73. The van der Waals surface area contributed by atoms with Gasteiger partial charge in [0.1, 0.15) is 5.75 Å². The molecule has 1 aromatic carbocycles. The second kappa shape index (κ2) is 7.71. The summed E-state index contributed by atoms with van der Waals surface area (Å²) in [5.74, 6) is -0.399. The van der Waals surface area contributed by atoms with Crippen LogP contribution in [0.25, 0.3) is 0 Å². The van der Waals surface area contributed by atoms with Gasteiger partial charge >= 0.3 is 5.91 Å². The Hall–Kier alpha value is -3.00. The van der Waals surface area contributed by atoms with Gasteiger partial charge in [0.15, 0.2) is 5.76 Å². The number of furan rings is 1. The van der Waals surface area contributed by atoms with Crippen molar-refractivity contribution in [1.82, 2.24) is 15.8 Å². The maximum Gasteiger partial charge on any atom is 0.305 e. The fourth-order valence-corrected chi connectivity index (χ4v) is 2.72. The van der Waals surface area contributed by atoms with E-state index in [4.69, 9.17) is 4.42 Å². The average molecular weight is 344 g/mol. The van der Waals surface area contributed by atoms with Gasteiger partial charge in [0.25, 0.3) is 5.91 Å². The fourth-order valence-electron chi connectivity index (χ4n) is 2.72. The number of hydrazine groups is 1. The van der Waals surface area contributed by atoms with Gasteiger partial charge < -0.3 is 14.4 Å². The third-order valence-corrected chi connectivity index (χ3v) is 4.02. The second-order valence-corrected chi connectivity index (χ2v) is 5.73. The zero-order valence-corrected chi connectivity index (χ0v) is 13.6. The number of piperazine rings is 1. The molecule has 1 fully saturated rings. The minimum Gasteiger partial charge on any atom is -0.506 e. The van der Waals surface area contributed by atoms with Crippen molar-refractivity contribution in [2.75, 3.05) is 37.6 Å². The molecule has 2 heterocycles. The van der Waals surface area contributed by atoms with Gasteiger partial charge in [-0.05, 0) is 24.3 Å². The normalized spacial score (nSPS) is 15.0. The number of hydrogen-bond donors (Lipinski definition) is 3. The van der Waals surface area contributed by atoms with E-state index in [0.717, 1.165) is 5.69 Å². The van der Waals surface area contributed by atoms with E-state index in [0.29, 0.717) is 26.2 Å². The van der Waals surface area contributed by atoms with Crippen LogP contribution in [0.15, 0.2) is 47.1 Å². The van der Waals surface area contributed by atoms with Crippen LogP contribution in [0.4, 0.5) is 5.69 Å². The van der Waals surface area contributed by atoms with E-state index in [-0.39, 0.29) is 24.0 Å². The quantitative estimate of drug-likeness (QED) is 0.702. The van der Waals surface area contributed by atoms with Gasteiger partial charge in [-0.2, -0.15) is 0 Å². The molecule has 0 bridgehead atoms. The first-order valence-corrected chi connectivity index (χ1v) is 8.01. The van der Waals surface area contributed by atoms with Crippen molar-refractivity contribution in [2.45, 2.75) is 0 Å². The molecule has 25 heavy (non-hydrogen) atoms. The maximum atomic E-state index is 11.9. The molecule has 0 unspecified atom stereocenters. The van der Waals surface area contributed by atoms with Crippen LogP contribution >= 0.6 is 0 Å². The first-order chi connectivity index (χ1) is 12.1. The monoisotopic (exact) mass is 344 g/mol. The van der Waals surface area contributed by atoms with Gasteiger partial charge in [-0.3, -0.25) is 25.3 Å². The Morgan fingerprint density at radius 3 is 2.48 bits per heavy atom. The topological polar surface area (TPSA) is 98.0 Å². The van der Waals surface area contributed by atoms with Crippen molar-refractivity contribution in [1.29, 1.82) is 0 Å². The zero-order valence-electron chi connectivity index (χ0n) is 13.6. The van der Waals surface area contributed by atoms with Crippen LogP contribution in [0.5, 0.6) is 5.75 Å². The van der Waals surface area contributed by atoms with Gasteiger partial charge in [-0.1, -0.05) is 12.1 Å². The summed E-state index contributed by atoms with van der Waals surface area (Å²) in [7, 11) is 0. The van der Waals surface area contributed by atoms with Crippen molar-refractivity contribution in [3.63, 3.8) is 0 Å². The molecule has 0 spiro atoms. The predicted molar refractivity (Wildman–Crippen MR) is 91.1 cm³/mol. The van der Waals surface area contributed by atoms with Crippen LogP contribution in [-0.4, -0.2) is 54.5 Å². The minimum absolute atomic E-state index is 0.136. The number of carbonyl (C=O) groups is 2. The molecule has 1 aliphatic heterocycles. The minimum atomic E-state index is -0.497. The number of benzene rings is 1. The number of phenolic OH excluding ortho intramolecular Hbond substituents is 1. The van der Waals surface area contributed by atoms with E-state index in [1.807, 2.05) is 17.0 Å². The molecular formula is C17H20N4O4. The zero-order chi connectivity index (χ0) is 17.6. The number of anilines is 1. The Bertz CT molecular complexity index is 724. The Labute approximate surface area is 145 Å². The molecule has 2 amide bonds. The van der Waals surface area contributed by atoms with Crippen LogP contribution in [0, 0.1) is 0 Å².